The number of thiophene rings is 2. The lowest BCUT2D eigenvalue weighted by molar-refractivity contribution is -0.139. The summed E-state index contributed by atoms with van der Waals surface area (Å²) >= 11 is 2.92. The molecule has 0 bridgehead atoms. The van der Waals surface area contributed by atoms with Crippen LogP contribution in [0.5, 0.6) is 0 Å². The van der Waals surface area contributed by atoms with E-state index >= 15 is 0 Å². The van der Waals surface area contributed by atoms with Crippen molar-refractivity contribution in [1.82, 2.24) is 10.6 Å². The highest BCUT2D eigenvalue weighted by Gasteiger charge is 2.16. The smallest absolute Gasteiger partial charge is 0.309 e. The third-order valence-corrected chi connectivity index (χ3v) is 5.28. The Kier molecular flexibility index (Phi) is 5.64. The van der Waals surface area contributed by atoms with Crippen LogP contribution in [0.25, 0.3) is 0 Å². The summed E-state index contributed by atoms with van der Waals surface area (Å²) in [6.45, 7) is 0.392. The van der Waals surface area contributed by atoms with Crippen molar-refractivity contribution in [3.63, 3.8) is 0 Å². The molecule has 3 N–H and O–H groups in total. The van der Waals surface area contributed by atoms with Gasteiger partial charge in [-0.15, -0.1) is 11.3 Å². The molecule has 3 heterocycles. The molecular weight excluding hydrogens is 360 g/mol. The summed E-state index contributed by atoms with van der Waals surface area (Å²) in [6.07, 6.45) is 0.831. The minimum atomic E-state index is -0.716. The molecule has 25 heavy (non-hydrogen) atoms. The minimum absolute atomic E-state index is 0.162. The molecule has 0 fully saturated rings. The molecule has 0 spiro atoms. The number of nitrogens with one attached hydrogen (secondary N) is 2. The number of carbonyl (C=O) groups is 2. The fourth-order valence-electron chi connectivity index (χ4n) is 2.14. The molecule has 0 saturated carbocycles. The maximum atomic E-state index is 11.8. The lowest BCUT2D eigenvalue weighted by Crippen LogP contribution is -2.39. The van der Waals surface area contributed by atoms with E-state index in [9.17, 15) is 14.7 Å². The molecule has 8 heteroatoms. The Bertz CT molecular complexity index is 825. The van der Waals surface area contributed by atoms with E-state index in [-0.39, 0.29) is 13.1 Å². The van der Waals surface area contributed by atoms with Crippen LogP contribution in [-0.4, -0.2) is 16.9 Å². The second-order valence-corrected chi connectivity index (χ2v) is 7.19. The predicted octanol–water partition coefficient (Wildman–Crippen LogP) is 2.42. The number of furan rings is 1. The van der Waals surface area contributed by atoms with Gasteiger partial charge in [0.25, 0.3) is 0 Å². The minimum Gasteiger partial charge on any atom is -0.467 e. The van der Waals surface area contributed by atoms with Crippen LogP contribution in [-0.2, 0) is 22.7 Å². The number of amides is 2. The lowest BCUT2D eigenvalue weighted by Gasteiger charge is -2.06. The number of rotatable bonds is 6. The van der Waals surface area contributed by atoms with E-state index in [0.717, 1.165) is 15.3 Å². The molecule has 2 amide bonds. The molecular formula is C17H16N2O4S2. The zero-order valence-corrected chi connectivity index (χ0v) is 14.7. The average molecular weight is 376 g/mol. The summed E-state index contributed by atoms with van der Waals surface area (Å²) < 4.78 is 5.08. The third-order valence-electron chi connectivity index (χ3n) is 3.44. The molecule has 1 unspecified atom stereocenters. The second kappa shape index (κ2) is 8.11. The van der Waals surface area contributed by atoms with Crippen molar-refractivity contribution in [2.24, 2.45) is 0 Å². The first-order chi connectivity index (χ1) is 12.1. The molecule has 3 aromatic rings. The fourth-order valence-corrected chi connectivity index (χ4v) is 3.79. The molecule has 3 rings (SSSR count). The van der Waals surface area contributed by atoms with Gasteiger partial charge in [0, 0.05) is 9.75 Å². The molecule has 1 atom stereocenters. The molecule has 0 aromatic carbocycles. The van der Waals surface area contributed by atoms with E-state index in [2.05, 4.69) is 10.6 Å². The quantitative estimate of drug-likeness (QED) is 0.576. The van der Waals surface area contributed by atoms with Gasteiger partial charge >= 0.3 is 11.8 Å². The fraction of sp³-hybridized carbons (Fsp3) is 0.176. The van der Waals surface area contributed by atoms with Crippen LogP contribution in [0.2, 0.25) is 0 Å². The van der Waals surface area contributed by atoms with E-state index < -0.39 is 17.9 Å². The number of carbonyl (C=O) groups excluding carboxylic acids is 2. The van der Waals surface area contributed by atoms with Crippen molar-refractivity contribution in [3.8, 4) is 0 Å². The molecule has 130 valence electrons. The first kappa shape index (κ1) is 17.4. The molecule has 3 aromatic heterocycles. The van der Waals surface area contributed by atoms with Gasteiger partial charge in [-0.2, -0.15) is 11.3 Å². The van der Waals surface area contributed by atoms with Crippen molar-refractivity contribution >= 4 is 34.5 Å². The summed E-state index contributed by atoms with van der Waals surface area (Å²) in [6, 6.07) is 8.95. The van der Waals surface area contributed by atoms with Gasteiger partial charge in [0.2, 0.25) is 0 Å². The SMILES string of the molecule is O=C(NCc1ccco1)C(=O)NCc1ccc(C(O)c2ccsc2)s1. The van der Waals surface area contributed by atoms with Gasteiger partial charge in [-0.05, 0) is 46.7 Å². The van der Waals surface area contributed by atoms with Crippen LogP contribution < -0.4 is 10.6 Å². The molecule has 0 saturated heterocycles. The van der Waals surface area contributed by atoms with E-state index in [1.54, 1.807) is 12.1 Å². The van der Waals surface area contributed by atoms with Gasteiger partial charge in [-0.3, -0.25) is 9.59 Å². The molecule has 0 aliphatic rings. The van der Waals surface area contributed by atoms with Crippen LogP contribution in [0, 0.1) is 0 Å². The van der Waals surface area contributed by atoms with E-state index in [1.807, 2.05) is 29.0 Å². The van der Waals surface area contributed by atoms with Crippen molar-refractivity contribution in [2.45, 2.75) is 19.2 Å². The van der Waals surface area contributed by atoms with Crippen LogP contribution in [0.3, 0.4) is 0 Å². The Morgan fingerprint density at radius 1 is 1.12 bits per heavy atom. The summed E-state index contributed by atoms with van der Waals surface area (Å²) in [5, 5.41) is 19.1. The maximum absolute atomic E-state index is 11.8. The first-order valence-corrected chi connectivity index (χ1v) is 9.26. The van der Waals surface area contributed by atoms with Gasteiger partial charge in [0.15, 0.2) is 0 Å². The van der Waals surface area contributed by atoms with Crippen molar-refractivity contribution in [2.75, 3.05) is 0 Å². The Morgan fingerprint density at radius 2 is 1.92 bits per heavy atom. The molecule has 0 radical (unpaired) electrons. The molecule has 0 aliphatic heterocycles. The maximum Gasteiger partial charge on any atom is 0.309 e. The normalized spacial score (nSPS) is 11.9. The summed E-state index contributed by atoms with van der Waals surface area (Å²) in [7, 11) is 0. The summed E-state index contributed by atoms with van der Waals surface area (Å²) in [4.78, 5) is 25.2. The predicted molar refractivity (Wildman–Crippen MR) is 95.1 cm³/mol. The van der Waals surface area contributed by atoms with Crippen molar-refractivity contribution in [1.29, 1.82) is 0 Å². The van der Waals surface area contributed by atoms with Gasteiger partial charge < -0.3 is 20.2 Å². The monoisotopic (exact) mass is 376 g/mol. The molecule has 0 aliphatic carbocycles. The zero-order valence-electron chi connectivity index (χ0n) is 13.1. The first-order valence-electron chi connectivity index (χ1n) is 7.50. The van der Waals surface area contributed by atoms with Gasteiger partial charge in [-0.1, -0.05) is 0 Å². The van der Waals surface area contributed by atoms with Gasteiger partial charge in [0.05, 0.1) is 19.4 Å². The van der Waals surface area contributed by atoms with Gasteiger partial charge in [-0.25, -0.2) is 0 Å². The average Bonchev–Trinajstić information content (AvgIpc) is 3.39. The van der Waals surface area contributed by atoms with Crippen LogP contribution in [0.15, 0.2) is 51.8 Å². The van der Waals surface area contributed by atoms with E-state index in [0.29, 0.717) is 5.76 Å². The summed E-state index contributed by atoms with van der Waals surface area (Å²) in [5.74, 6) is -0.849. The highest BCUT2D eigenvalue weighted by Crippen LogP contribution is 2.29. The Hall–Kier alpha value is -2.42. The standard InChI is InChI=1S/C17H16N2O4S2/c20-15(11-5-7-24-10-11)14-4-3-13(25-14)9-19-17(22)16(21)18-8-12-2-1-6-23-12/h1-7,10,15,20H,8-9H2,(H,18,21)(H,19,22). The lowest BCUT2D eigenvalue weighted by atomic mass is 10.2. The van der Waals surface area contributed by atoms with Crippen LogP contribution in [0.1, 0.15) is 27.2 Å². The number of aliphatic hydroxyl groups is 1. The van der Waals surface area contributed by atoms with E-state index in [1.165, 1.54) is 28.9 Å². The number of hydrogen-bond acceptors (Lipinski definition) is 6. The summed E-state index contributed by atoms with van der Waals surface area (Å²) in [5.41, 5.74) is 0.847. The van der Waals surface area contributed by atoms with Crippen molar-refractivity contribution in [3.05, 3.63) is 68.4 Å². The third kappa shape index (κ3) is 4.56. The highest BCUT2D eigenvalue weighted by molar-refractivity contribution is 7.12. The Morgan fingerprint density at radius 3 is 2.60 bits per heavy atom. The topological polar surface area (TPSA) is 91.6 Å². The van der Waals surface area contributed by atoms with Crippen LogP contribution in [0.4, 0.5) is 0 Å². The van der Waals surface area contributed by atoms with Crippen LogP contribution >= 0.6 is 22.7 Å². The van der Waals surface area contributed by atoms with Gasteiger partial charge in [0.1, 0.15) is 11.9 Å². The highest BCUT2D eigenvalue weighted by atomic mass is 32.1. The van der Waals surface area contributed by atoms with E-state index in [4.69, 9.17) is 4.42 Å². The van der Waals surface area contributed by atoms with Crippen molar-refractivity contribution < 1.29 is 19.1 Å². The zero-order chi connectivity index (χ0) is 17.6. The largest absolute Gasteiger partial charge is 0.467 e. The Balaban J connectivity index is 1.48. The Labute approximate surface area is 152 Å². The number of hydrogen-bond donors (Lipinski definition) is 3. The number of aliphatic hydroxyl groups excluding tert-OH is 1. The second-order valence-electron chi connectivity index (χ2n) is 5.21. The molecule has 6 nitrogen and oxygen atoms in total.